The van der Waals surface area contributed by atoms with Crippen molar-refractivity contribution in [3.63, 3.8) is 0 Å². The number of carbonyl (C=O) groups is 2. The number of amides is 2. The van der Waals surface area contributed by atoms with Crippen molar-refractivity contribution in [2.75, 3.05) is 25.6 Å². The van der Waals surface area contributed by atoms with Crippen molar-refractivity contribution in [1.29, 1.82) is 0 Å². The normalized spacial score (nSPS) is 18.1. The molecule has 2 heterocycles. The van der Waals surface area contributed by atoms with E-state index in [1.54, 1.807) is 29.7 Å². The minimum absolute atomic E-state index is 0.0562. The largest absolute Gasteiger partial charge is 0.497 e. The van der Waals surface area contributed by atoms with Gasteiger partial charge in [-0.2, -0.15) is 0 Å². The van der Waals surface area contributed by atoms with E-state index < -0.39 is 12.1 Å². The van der Waals surface area contributed by atoms with E-state index in [9.17, 15) is 14.7 Å². The molecule has 2 aromatic carbocycles. The number of nitrogens with zero attached hydrogens (tertiary/aromatic N) is 2. The van der Waals surface area contributed by atoms with Crippen LogP contribution in [0.5, 0.6) is 5.75 Å². The van der Waals surface area contributed by atoms with Crippen molar-refractivity contribution in [1.82, 2.24) is 9.88 Å². The van der Waals surface area contributed by atoms with Gasteiger partial charge >= 0.3 is 0 Å². The van der Waals surface area contributed by atoms with Crippen LogP contribution in [0.3, 0.4) is 0 Å². The fourth-order valence-electron chi connectivity index (χ4n) is 3.94. The molecule has 1 aliphatic rings. The van der Waals surface area contributed by atoms with Crippen molar-refractivity contribution in [2.24, 2.45) is 0 Å². The molecule has 2 unspecified atom stereocenters. The molecule has 0 spiro atoms. The minimum Gasteiger partial charge on any atom is -0.497 e. The van der Waals surface area contributed by atoms with Gasteiger partial charge in [-0.25, -0.2) is 4.98 Å². The molecule has 0 radical (unpaired) electrons. The molecule has 2 atom stereocenters. The number of rotatable bonds is 8. The topological polar surface area (TPSA) is 101 Å². The number of thiazole rings is 1. The Morgan fingerprint density at radius 2 is 1.97 bits per heavy atom. The third-order valence-corrected chi connectivity index (χ3v) is 6.77. The predicted molar refractivity (Wildman–Crippen MR) is 129 cm³/mol. The summed E-state index contributed by atoms with van der Waals surface area (Å²) in [6, 6.07) is 14.1. The molecule has 4 rings (SSSR count). The molecule has 1 aromatic heterocycles. The van der Waals surface area contributed by atoms with Gasteiger partial charge in [0.2, 0.25) is 11.8 Å². The van der Waals surface area contributed by atoms with Crippen molar-refractivity contribution >= 4 is 28.8 Å². The van der Waals surface area contributed by atoms with E-state index in [1.165, 1.54) is 11.3 Å². The average molecular weight is 482 g/mol. The number of aromatic nitrogens is 1. The molecule has 0 aliphatic carbocycles. The smallest absolute Gasteiger partial charge is 0.249 e. The number of hydrogen-bond donors (Lipinski definition) is 2. The van der Waals surface area contributed by atoms with Crippen molar-refractivity contribution in [3.8, 4) is 5.75 Å². The number of ether oxygens (including phenoxy) is 2. The monoisotopic (exact) mass is 481 g/mol. The van der Waals surface area contributed by atoms with Gasteiger partial charge in [0.1, 0.15) is 18.5 Å². The molecular formula is C25H27N3O5S. The van der Waals surface area contributed by atoms with Gasteiger partial charge in [0.25, 0.3) is 0 Å². The number of aliphatic hydroxyl groups is 1. The second-order valence-corrected chi connectivity index (χ2v) is 9.00. The highest BCUT2D eigenvalue weighted by atomic mass is 32.1. The molecule has 0 bridgehead atoms. The number of hydrogen-bond acceptors (Lipinski definition) is 7. The van der Waals surface area contributed by atoms with Crippen LogP contribution in [0.15, 0.2) is 54.0 Å². The summed E-state index contributed by atoms with van der Waals surface area (Å²) in [6.45, 7) is 2.01. The zero-order valence-corrected chi connectivity index (χ0v) is 19.9. The lowest BCUT2D eigenvalue weighted by atomic mass is 9.99. The van der Waals surface area contributed by atoms with E-state index in [0.717, 1.165) is 27.4 Å². The summed E-state index contributed by atoms with van der Waals surface area (Å²) in [5.41, 5.74) is 5.00. The molecule has 8 nitrogen and oxygen atoms in total. The molecule has 1 aliphatic heterocycles. The number of aliphatic hydroxyl groups excluding tert-OH is 1. The molecular weight excluding hydrogens is 454 g/mol. The molecule has 0 saturated carbocycles. The van der Waals surface area contributed by atoms with Crippen molar-refractivity contribution in [3.05, 3.63) is 75.7 Å². The summed E-state index contributed by atoms with van der Waals surface area (Å²) in [5, 5.41) is 13.0. The Morgan fingerprint density at radius 3 is 2.59 bits per heavy atom. The van der Waals surface area contributed by atoms with Gasteiger partial charge in [-0.05, 0) is 42.3 Å². The minimum atomic E-state index is -0.515. The number of carbonyl (C=O) groups excluding carboxylic acids is 2. The zero-order chi connectivity index (χ0) is 24.1. The van der Waals surface area contributed by atoms with E-state index in [0.29, 0.717) is 12.2 Å². The van der Waals surface area contributed by atoms with Gasteiger partial charge < -0.3 is 24.8 Å². The van der Waals surface area contributed by atoms with Crippen molar-refractivity contribution < 1.29 is 24.2 Å². The lowest BCUT2D eigenvalue weighted by Gasteiger charge is -2.40. The Balaban J connectivity index is 1.41. The highest BCUT2D eigenvalue weighted by molar-refractivity contribution is 7.09. The Morgan fingerprint density at radius 1 is 1.24 bits per heavy atom. The van der Waals surface area contributed by atoms with E-state index in [2.05, 4.69) is 10.3 Å². The first kappa shape index (κ1) is 23.9. The quantitative estimate of drug-likeness (QED) is 0.513. The maximum Gasteiger partial charge on any atom is 0.249 e. The highest BCUT2D eigenvalue weighted by Gasteiger charge is 2.37. The van der Waals surface area contributed by atoms with Crippen LogP contribution in [-0.2, 0) is 27.3 Å². The molecule has 1 fully saturated rings. The molecule has 1 saturated heterocycles. The fraction of sp³-hybridized carbons (Fsp3) is 0.320. The number of methoxy groups -OCH3 is 1. The van der Waals surface area contributed by atoms with Crippen LogP contribution < -0.4 is 10.1 Å². The van der Waals surface area contributed by atoms with Gasteiger partial charge in [0.15, 0.2) is 0 Å². The van der Waals surface area contributed by atoms with Crippen LogP contribution in [0, 0.1) is 6.92 Å². The van der Waals surface area contributed by atoms with Gasteiger partial charge in [0.05, 0.1) is 43.9 Å². The third kappa shape index (κ3) is 5.44. The first-order valence-electron chi connectivity index (χ1n) is 10.9. The summed E-state index contributed by atoms with van der Waals surface area (Å²) < 4.78 is 11.0. The summed E-state index contributed by atoms with van der Waals surface area (Å²) in [4.78, 5) is 31.9. The molecule has 2 amide bonds. The third-order valence-electron chi connectivity index (χ3n) is 5.85. The van der Waals surface area contributed by atoms with Crippen molar-refractivity contribution in [2.45, 2.75) is 32.0 Å². The first-order valence-corrected chi connectivity index (χ1v) is 11.8. The standard InChI is InChI=1S/C25H27N3O5S/c1-16-22(34-15-26-16)12-28-21(13-29)25(33-14-24(28)31)18-5-7-19(8-6-18)27-23(30)11-17-3-9-20(32-2)10-4-17/h3-10,15,21,25,29H,11-14H2,1-2H3,(H,27,30). The average Bonchev–Trinajstić information content (AvgIpc) is 3.25. The second kappa shape index (κ2) is 10.8. The van der Waals surface area contributed by atoms with Crippen LogP contribution in [-0.4, -0.2) is 53.2 Å². The van der Waals surface area contributed by atoms with Crippen LogP contribution in [0.1, 0.15) is 27.8 Å². The number of morpholine rings is 1. The van der Waals surface area contributed by atoms with Gasteiger partial charge in [-0.15, -0.1) is 11.3 Å². The Labute approximate surface area is 202 Å². The summed E-state index contributed by atoms with van der Waals surface area (Å²) in [6.07, 6.45) is -0.224. The number of nitrogens with one attached hydrogen (secondary N) is 1. The SMILES string of the molecule is COc1ccc(CC(=O)Nc2ccc(C3OCC(=O)N(Cc4scnc4C)C3CO)cc2)cc1. The molecule has 9 heteroatoms. The predicted octanol–water partition coefficient (Wildman–Crippen LogP) is 3.10. The van der Waals surface area contributed by atoms with Crippen LogP contribution in [0.2, 0.25) is 0 Å². The maximum absolute atomic E-state index is 12.6. The summed E-state index contributed by atoms with van der Waals surface area (Å²) >= 11 is 1.49. The molecule has 3 aromatic rings. The second-order valence-electron chi connectivity index (χ2n) is 8.06. The first-order chi connectivity index (χ1) is 16.5. The van der Waals surface area contributed by atoms with E-state index in [1.807, 2.05) is 43.3 Å². The highest BCUT2D eigenvalue weighted by Crippen LogP contribution is 2.31. The fourth-order valence-corrected chi connectivity index (χ4v) is 4.72. The summed E-state index contributed by atoms with van der Waals surface area (Å²) in [7, 11) is 1.60. The van der Waals surface area contributed by atoms with Crippen LogP contribution >= 0.6 is 11.3 Å². The molecule has 2 N–H and O–H groups in total. The Kier molecular flexibility index (Phi) is 7.56. The van der Waals surface area contributed by atoms with Gasteiger partial charge in [-0.3, -0.25) is 9.59 Å². The van der Waals surface area contributed by atoms with Crippen LogP contribution in [0.4, 0.5) is 5.69 Å². The van der Waals surface area contributed by atoms with E-state index in [-0.39, 0.29) is 31.4 Å². The number of aryl methyl sites for hydroxylation is 1. The lowest BCUT2D eigenvalue weighted by molar-refractivity contribution is -0.161. The number of anilines is 1. The Hall–Kier alpha value is -3.27. The molecule has 178 valence electrons. The zero-order valence-electron chi connectivity index (χ0n) is 19.1. The van der Waals surface area contributed by atoms with E-state index in [4.69, 9.17) is 9.47 Å². The van der Waals surface area contributed by atoms with Gasteiger partial charge in [-0.1, -0.05) is 24.3 Å². The lowest BCUT2D eigenvalue weighted by Crippen LogP contribution is -2.52. The Bertz CT molecular complexity index is 1130. The van der Waals surface area contributed by atoms with Gasteiger partial charge in [0, 0.05) is 10.6 Å². The summed E-state index contributed by atoms with van der Waals surface area (Å²) in [5.74, 6) is 0.454. The van der Waals surface area contributed by atoms with Crippen LogP contribution in [0.25, 0.3) is 0 Å². The number of benzene rings is 2. The molecule has 34 heavy (non-hydrogen) atoms. The van der Waals surface area contributed by atoms with E-state index >= 15 is 0 Å². The maximum atomic E-state index is 12.6.